The van der Waals surface area contributed by atoms with Crippen LogP contribution in [0, 0.1) is 11.3 Å². The number of H-pyrrole nitrogens is 1. The quantitative estimate of drug-likeness (QED) is 0.748. The highest BCUT2D eigenvalue weighted by Crippen LogP contribution is 2.32. The molecule has 0 fully saturated rings. The number of aromatic nitrogens is 1. The van der Waals surface area contributed by atoms with Gasteiger partial charge in [0.2, 0.25) is 0 Å². The van der Waals surface area contributed by atoms with Gasteiger partial charge < -0.3 is 4.98 Å². The largest absolute Gasteiger partial charge is 0.344 e. The maximum Gasteiger partial charge on any atom is 0.125 e. The molecule has 0 aliphatic heterocycles. The van der Waals surface area contributed by atoms with Crippen molar-refractivity contribution in [3.63, 3.8) is 0 Å². The molecule has 0 aliphatic carbocycles. The molecule has 0 saturated carbocycles. The molecule has 0 spiro atoms. The van der Waals surface area contributed by atoms with E-state index in [1.165, 1.54) is 0 Å². The Hall–Kier alpha value is -0.880. The fourth-order valence-corrected chi connectivity index (χ4v) is 1.84. The molecule has 0 atom stereocenters. The molecule has 1 aromatic heterocycles. The van der Waals surface area contributed by atoms with E-state index in [4.69, 9.17) is 40.1 Å². The van der Waals surface area contributed by atoms with Crippen LogP contribution >= 0.6 is 34.8 Å². The Balaban J connectivity index is 2.91. The zero-order valence-corrected chi connectivity index (χ0v) is 9.00. The lowest BCUT2D eigenvalue weighted by Gasteiger charge is -1.95. The predicted octanol–water partition coefficient (Wildman–Crippen LogP) is 4.00. The van der Waals surface area contributed by atoms with Crippen molar-refractivity contribution in [1.82, 2.24) is 4.98 Å². The number of nitriles is 1. The van der Waals surface area contributed by atoms with Crippen LogP contribution in [0.15, 0.2) is 12.1 Å². The average Bonchev–Trinajstić information content (AvgIpc) is 2.42. The normalized spacial score (nSPS) is 10.4. The Morgan fingerprint density at radius 3 is 2.43 bits per heavy atom. The molecular formula is C9H3Cl3N2. The van der Waals surface area contributed by atoms with Crippen molar-refractivity contribution in [3.05, 3.63) is 32.9 Å². The second-order valence-electron chi connectivity index (χ2n) is 2.74. The molecule has 1 aromatic carbocycles. The minimum Gasteiger partial charge on any atom is -0.344 e. The highest BCUT2D eigenvalue weighted by Gasteiger charge is 2.11. The van der Waals surface area contributed by atoms with E-state index in [1.54, 1.807) is 12.1 Å². The van der Waals surface area contributed by atoms with Crippen LogP contribution in [0.25, 0.3) is 10.9 Å². The second-order valence-corrected chi connectivity index (χ2v) is 3.93. The van der Waals surface area contributed by atoms with E-state index in [9.17, 15) is 0 Å². The highest BCUT2D eigenvalue weighted by atomic mass is 35.5. The molecule has 14 heavy (non-hydrogen) atoms. The highest BCUT2D eigenvalue weighted by molar-refractivity contribution is 6.43. The third-order valence-electron chi connectivity index (χ3n) is 1.91. The minimum absolute atomic E-state index is 0.306. The van der Waals surface area contributed by atoms with E-state index in [-0.39, 0.29) is 0 Å². The lowest BCUT2D eigenvalue weighted by molar-refractivity contribution is 1.44. The van der Waals surface area contributed by atoms with Gasteiger partial charge in [-0.05, 0) is 12.1 Å². The van der Waals surface area contributed by atoms with Crippen molar-refractivity contribution < 1.29 is 0 Å². The summed E-state index contributed by atoms with van der Waals surface area (Å²) in [5.74, 6) is 0. The van der Waals surface area contributed by atoms with Gasteiger partial charge in [0.05, 0.1) is 15.6 Å². The van der Waals surface area contributed by atoms with Crippen LogP contribution in [0.5, 0.6) is 0 Å². The van der Waals surface area contributed by atoms with Gasteiger partial charge in [-0.25, -0.2) is 0 Å². The van der Waals surface area contributed by atoms with E-state index >= 15 is 0 Å². The summed E-state index contributed by atoms with van der Waals surface area (Å²) in [6.45, 7) is 0. The van der Waals surface area contributed by atoms with Crippen LogP contribution in [-0.2, 0) is 0 Å². The van der Waals surface area contributed by atoms with Crippen molar-refractivity contribution in [1.29, 1.82) is 5.26 Å². The van der Waals surface area contributed by atoms with E-state index < -0.39 is 0 Å². The predicted molar refractivity (Wildman–Crippen MR) is 58.0 cm³/mol. The number of nitrogens with zero attached hydrogens (tertiary/aromatic N) is 1. The van der Waals surface area contributed by atoms with Gasteiger partial charge in [-0.2, -0.15) is 5.26 Å². The summed E-state index contributed by atoms with van der Waals surface area (Å²) in [5.41, 5.74) is 1.10. The Bertz CT molecular complexity index is 551. The van der Waals surface area contributed by atoms with Crippen LogP contribution in [0.1, 0.15) is 5.56 Å². The fraction of sp³-hybridized carbons (Fsp3) is 0. The average molecular weight is 245 g/mol. The molecule has 0 amide bonds. The molecule has 5 heteroatoms. The van der Waals surface area contributed by atoms with Crippen molar-refractivity contribution in [3.8, 4) is 6.07 Å². The molecule has 0 bridgehead atoms. The SMILES string of the molecule is N#Cc1c(Cl)[nH]c2cc(Cl)c(Cl)cc12. The maximum absolute atomic E-state index is 8.84. The van der Waals surface area contributed by atoms with Gasteiger partial charge in [0.25, 0.3) is 0 Å². The summed E-state index contributed by atoms with van der Waals surface area (Å²) in [5, 5.41) is 10.7. The number of benzene rings is 1. The molecule has 2 aromatic rings. The summed E-state index contributed by atoms with van der Waals surface area (Å²) in [6.07, 6.45) is 0. The van der Waals surface area contributed by atoms with E-state index in [0.717, 1.165) is 0 Å². The lowest BCUT2D eigenvalue weighted by Crippen LogP contribution is -1.73. The second kappa shape index (κ2) is 3.36. The molecular weight excluding hydrogens is 242 g/mol. The number of hydrogen-bond donors (Lipinski definition) is 1. The summed E-state index contributed by atoms with van der Waals surface area (Å²) < 4.78 is 0. The molecule has 2 rings (SSSR count). The van der Waals surface area contributed by atoms with Crippen LogP contribution in [0.2, 0.25) is 15.2 Å². The molecule has 0 radical (unpaired) electrons. The maximum atomic E-state index is 8.84. The molecule has 1 N–H and O–H groups in total. The standard InChI is InChI=1S/C9H3Cl3N2/c10-6-1-4-5(3-13)9(12)14-8(4)2-7(6)11/h1-2,14H. The van der Waals surface area contributed by atoms with E-state index in [0.29, 0.717) is 31.7 Å². The molecule has 0 aliphatic rings. The molecule has 0 saturated heterocycles. The lowest BCUT2D eigenvalue weighted by atomic mass is 10.2. The minimum atomic E-state index is 0.306. The van der Waals surface area contributed by atoms with Crippen molar-refractivity contribution in [2.45, 2.75) is 0 Å². The first-order valence-corrected chi connectivity index (χ1v) is 4.83. The van der Waals surface area contributed by atoms with Crippen LogP contribution in [0.4, 0.5) is 0 Å². The third kappa shape index (κ3) is 1.34. The Labute approximate surface area is 95.0 Å². The topological polar surface area (TPSA) is 39.6 Å². The van der Waals surface area contributed by atoms with Crippen molar-refractivity contribution >= 4 is 45.7 Å². The van der Waals surface area contributed by atoms with Crippen LogP contribution < -0.4 is 0 Å². The zero-order chi connectivity index (χ0) is 10.3. The van der Waals surface area contributed by atoms with Gasteiger partial charge in [-0.1, -0.05) is 34.8 Å². The van der Waals surface area contributed by atoms with Crippen LogP contribution in [0.3, 0.4) is 0 Å². The van der Waals surface area contributed by atoms with Crippen molar-refractivity contribution in [2.75, 3.05) is 0 Å². The summed E-state index contributed by atoms with van der Waals surface area (Å²) in [7, 11) is 0. The zero-order valence-electron chi connectivity index (χ0n) is 6.74. The van der Waals surface area contributed by atoms with Gasteiger partial charge in [0.1, 0.15) is 11.2 Å². The van der Waals surface area contributed by atoms with Gasteiger partial charge in [0.15, 0.2) is 0 Å². The number of halogens is 3. The van der Waals surface area contributed by atoms with E-state index in [2.05, 4.69) is 4.98 Å². The fourth-order valence-electron chi connectivity index (χ4n) is 1.27. The van der Waals surface area contributed by atoms with Gasteiger partial charge in [-0.3, -0.25) is 0 Å². The number of rotatable bonds is 0. The third-order valence-corrected chi connectivity index (χ3v) is 2.91. The first kappa shape index (κ1) is 9.67. The van der Waals surface area contributed by atoms with Gasteiger partial charge in [-0.15, -0.1) is 0 Å². The smallest absolute Gasteiger partial charge is 0.125 e. The van der Waals surface area contributed by atoms with Crippen LogP contribution in [-0.4, -0.2) is 4.98 Å². The van der Waals surface area contributed by atoms with Crippen molar-refractivity contribution in [2.24, 2.45) is 0 Å². The molecule has 1 heterocycles. The number of hydrogen-bond acceptors (Lipinski definition) is 1. The monoisotopic (exact) mass is 244 g/mol. The van der Waals surface area contributed by atoms with Gasteiger partial charge in [0, 0.05) is 10.9 Å². The van der Waals surface area contributed by atoms with Gasteiger partial charge >= 0.3 is 0 Å². The summed E-state index contributed by atoms with van der Waals surface area (Å²) in [6, 6.07) is 5.27. The Morgan fingerprint density at radius 1 is 1.14 bits per heavy atom. The first-order chi connectivity index (χ1) is 6.63. The number of aromatic amines is 1. The molecule has 0 unspecified atom stereocenters. The summed E-state index contributed by atoms with van der Waals surface area (Å²) in [4.78, 5) is 2.85. The summed E-state index contributed by atoms with van der Waals surface area (Å²) >= 11 is 17.5. The Kier molecular flexibility index (Phi) is 2.32. The van der Waals surface area contributed by atoms with E-state index in [1.807, 2.05) is 6.07 Å². The first-order valence-electron chi connectivity index (χ1n) is 3.70. The molecule has 70 valence electrons. The Morgan fingerprint density at radius 2 is 1.79 bits per heavy atom. The number of nitrogens with one attached hydrogen (secondary N) is 1. The molecule has 2 nitrogen and oxygen atoms in total. The number of fused-ring (bicyclic) bond motifs is 1.